The van der Waals surface area contributed by atoms with E-state index in [0.717, 1.165) is 37.2 Å². The van der Waals surface area contributed by atoms with Crippen LogP contribution in [0.4, 0.5) is 0 Å². The van der Waals surface area contributed by atoms with Gasteiger partial charge in [0, 0.05) is 6.08 Å². The molecule has 0 bridgehead atoms. The smallest absolute Gasteiger partial charge is 0.349 e. The molecule has 2 atom stereocenters. The molecule has 0 radical (unpaired) electrons. The Kier molecular flexibility index (Phi) is 15.1. The van der Waals surface area contributed by atoms with Gasteiger partial charge in [-0.05, 0) is 37.5 Å². The fraction of sp³-hybridized carbons (Fsp3) is 0.769. The maximum Gasteiger partial charge on any atom is 0.349 e. The van der Waals surface area contributed by atoms with Crippen molar-refractivity contribution in [3.05, 3.63) is 11.6 Å². The van der Waals surface area contributed by atoms with Gasteiger partial charge in [-0.3, -0.25) is 9.59 Å². The van der Waals surface area contributed by atoms with Crippen LogP contribution in [-0.4, -0.2) is 44.8 Å². The Morgan fingerprint density at radius 2 is 1.21 bits per heavy atom. The molecule has 0 saturated carbocycles. The van der Waals surface area contributed by atoms with Gasteiger partial charge >= 0.3 is 23.9 Å². The highest BCUT2D eigenvalue weighted by Crippen LogP contribution is 2.24. The molecule has 0 unspecified atom stereocenters. The summed E-state index contributed by atoms with van der Waals surface area (Å²) in [5.74, 6) is -3.93. The van der Waals surface area contributed by atoms with E-state index < -0.39 is 42.3 Å². The summed E-state index contributed by atoms with van der Waals surface area (Å²) >= 11 is 0. The van der Waals surface area contributed by atoms with Crippen molar-refractivity contribution in [1.29, 1.82) is 0 Å². The number of carboxylic acid groups (broad SMARTS) is 3. The number of hydrogen-bond acceptors (Lipinski definition) is 5. The van der Waals surface area contributed by atoms with Gasteiger partial charge < -0.3 is 20.1 Å². The van der Waals surface area contributed by atoms with E-state index >= 15 is 0 Å². The van der Waals surface area contributed by atoms with E-state index in [1.807, 2.05) is 0 Å². The standard InChI is InChI=1S/C26H44O8/c1-18(2)9-6-10-19(3)11-7-12-20(4)13-8-14-21(5)15-24(31)34-26(25(32)33,16-22(27)28)17-23(29)30/h15,18-20H,6-14,16-17H2,1-5H3,(H,27,28)(H,29,30)(H,32,33)/b21-15+/t19-,20-/m1/s1. The lowest BCUT2D eigenvalue weighted by Crippen LogP contribution is -2.46. The largest absolute Gasteiger partial charge is 0.481 e. The second kappa shape index (κ2) is 16.3. The molecule has 0 aromatic heterocycles. The quantitative estimate of drug-likeness (QED) is 0.157. The minimum absolute atomic E-state index is 0.563. The average Bonchev–Trinajstić information content (AvgIpc) is 2.66. The molecule has 0 amide bonds. The third kappa shape index (κ3) is 14.7. The molecule has 0 aromatic rings. The number of carbonyl (C=O) groups is 4. The van der Waals surface area contributed by atoms with E-state index in [9.17, 15) is 24.3 Å². The highest BCUT2D eigenvalue weighted by Gasteiger charge is 2.47. The molecule has 0 spiro atoms. The lowest BCUT2D eigenvalue weighted by atomic mass is 9.91. The van der Waals surface area contributed by atoms with Gasteiger partial charge in [0.1, 0.15) is 0 Å². The molecule has 0 heterocycles. The summed E-state index contributed by atoms with van der Waals surface area (Å²) in [5, 5.41) is 27.3. The molecule has 0 aliphatic rings. The Labute approximate surface area is 203 Å². The van der Waals surface area contributed by atoms with Crippen LogP contribution >= 0.6 is 0 Å². The Morgan fingerprint density at radius 1 is 0.765 bits per heavy atom. The van der Waals surface area contributed by atoms with Crippen molar-refractivity contribution in [2.75, 3.05) is 0 Å². The van der Waals surface area contributed by atoms with E-state index in [1.165, 1.54) is 32.1 Å². The maximum absolute atomic E-state index is 12.2. The Hall–Kier alpha value is -2.38. The molecule has 0 rings (SSSR count). The fourth-order valence-corrected chi connectivity index (χ4v) is 4.02. The van der Waals surface area contributed by atoms with Crippen molar-refractivity contribution in [1.82, 2.24) is 0 Å². The first-order valence-electron chi connectivity index (χ1n) is 12.3. The number of hydrogen-bond donors (Lipinski definition) is 3. The normalized spacial score (nSPS) is 14.0. The first-order valence-corrected chi connectivity index (χ1v) is 12.3. The van der Waals surface area contributed by atoms with E-state index in [0.29, 0.717) is 17.9 Å². The number of esters is 1. The van der Waals surface area contributed by atoms with Crippen molar-refractivity contribution in [2.45, 2.75) is 111 Å². The van der Waals surface area contributed by atoms with Gasteiger partial charge in [-0.25, -0.2) is 9.59 Å². The first kappa shape index (κ1) is 31.6. The van der Waals surface area contributed by atoms with Gasteiger partial charge in [0.25, 0.3) is 0 Å². The number of allylic oxidation sites excluding steroid dienone is 1. The predicted molar refractivity (Wildman–Crippen MR) is 129 cm³/mol. The van der Waals surface area contributed by atoms with Gasteiger partial charge in [0.05, 0.1) is 12.8 Å². The van der Waals surface area contributed by atoms with Crippen LogP contribution in [0.3, 0.4) is 0 Å². The van der Waals surface area contributed by atoms with Gasteiger partial charge in [-0.2, -0.15) is 0 Å². The summed E-state index contributed by atoms with van der Waals surface area (Å²) in [4.78, 5) is 45.8. The number of rotatable bonds is 19. The van der Waals surface area contributed by atoms with E-state index in [-0.39, 0.29) is 0 Å². The van der Waals surface area contributed by atoms with Crippen molar-refractivity contribution in [3.8, 4) is 0 Å². The van der Waals surface area contributed by atoms with Gasteiger partial charge in [-0.15, -0.1) is 0 Å². The summed E-state index contributed by atoms with van der Waals surface area (Å²) in [6.07, 6.45) is 8.78. The zero-order valence-corrected chi connectivity index (χ0v) is 21.5. The minimum atomic E-state index is -2.65. The van der Waals surface area contributed by atoms with Crippen LogP contribution in [0.1, 0.15) is 105 Å². The number of aliphatic carboxylic acids is 3. The van der Waals surface area contributed by atoms with Crippen LogP contribution in [0.2, 0.25) is 0 Å². The zero-order valence-electron chi connectivity index (χ0n) is 21.5. The molecule has 0 aromatic carbocycles. The van der Waals surface area contributed by atoms with E-state index in [2.05, 4.69) is 27.7 Å². The second-order valence-corrected chi connectivity index (χ2v) is 10.2. The van der Waals surface area contributed by atoms with Gasteiger partial charge in [-0.1, -0.05) is 78.2 Å². The molecule has 8 heteroatoms. The fourth-order valence-electron chi connectivity index (χ4n) is 4.02. The molecule has 34 heavy (non-hydrogen) atoms. The van der Waals surface area contributed by atoms with E-state index in [1.54, 1.807) is 6.92 Å². The molecule has 0 aliphatic heterocycles. The van der Waals surface area contributed by atoms with Crippen LogP contribution < -0.4 is 0 Å². The monoisotopic (exact) mass is 484 g/mol. The zero-order chi connectivity index (χ0) is 26.3. The van der Waals surface area contributed by atoms with Crippen LogP contribution in [0.15, 0.2) is 11.6 Å². The van der Waals surface area contributed by atoms with Crippen LogP contribution in [-0.2, 0) is 23.9 Å². The third-order valence-corrected chi connectivity index (χ3v) is 6.06. The molecule has 0 saturated heterocycles. The average molecular weight is 485 g/mol. The highest BCUT2D eigenvalue weighted by atomic mass is 16.6. The second-order valence-electron chi connectivity index (χ2n) is 10.2. The van der Waals surface area contributed by atoms with Crippen molar-refractivity contribution in [3.63, 3.8) is 0 Å². The molecular weight excluding hydrogens is 440 g/mol. The molecule has 196 valence electrons. The maximum atomic E-state index is 12.2. The van der Waals surface area contributed by atoms with Crippen molar-refractivity contribution < 1.29 is 39.2 Å². The Bertz CT molecular complexity index is 679. The van der Waals surface area contributed by atoms with E-state index in [4.69, 9.17) is 14.9 Å². The van der Waals surface area contributed by atoms with Crippen LogP contribution in [0.5, 0.6) is 0 Å². The summed E-state index contributed by atoms with van der Waals surface area (Å²) < 4.78 is 4.86. The van der Waals surface area contributed by atoms with Crippen LogP contribution in [0.25, 0.3) is 0 Å². The summed E-state index contributed by atoms with van der Waals surface area (Å²) in [6.45, 7) is 10.8. The van der Waals surface area contributed by atoms with Crippen molar-refractivity contribution >= 4 is 23.9 Å². The first-order chi connectivity index (χ1) is 15.8. The highest BCUT2D eigenvalue weighted by molar-refractivity contribution is 5.92. The molecular formula is C26H44O8. The molecule has 3 N–H and O–H groups in total. The third-order valence-electron chi connectivity index (χ3n) is 6.06. The Balaban J connectivity index is 4.53. The number of carboxylic acids is 3. The SMILES string of the molecule is C/C(=C\C(=O)OC(CC(=O)O)(CC(=O)O)C(=O)O)CCC[C@H](C)CCC[C@H](C)CCCC(C)C. The predicted octanol–water partition coefficient (Wildman–Crippen LogP) is 5.69. The number of ether oxygens (including phenoxy) is 1. The summed E-state index contributed by atoms with van der Waals surface area (Å²) in [7, 11) is 0. The molecule has 0 fully saturated rings. The summed E-state index contributed by atoms with van der Waals surface area (Å²) in [5.41, 5.74) is -1.98. The molecule has 0 aliphatic carbocycles. The van der Waals surface area contributed by atoms with Crippen molar-refractivity contribution in [2.24, 2.45) is 17.8 Å². The lowest BCUT2D eigenvalue weighted by Gasteiger charge is -2.25. The summed E-state index contributed by atoms with van der Waals surface area (Å²) in [6, 6.07) is 0. The lowest BCUT2D eigenvalue weighted by molar-refractivity contribution is -0.183. The number of carbonyl (C=O) groups excluding carboxylic acids is 1. The minimum Gasteiger partial charge on any atom is -0.481 e. The van der Waals surface area contributed by atoms with Gasteiger partial charge in [0.15, 0.2) is 0 Å². The van der Waals surface area contributed by atoms with Gasteiger partial charge in [0.2, 0.25) is 5.60 Å². The topological polar surface area (TPSA) is 138 Å². The van der Waals surface area contributed by atoms with Crippen LogP contribution in [0, 0.1) is 17.8 Å². The Morgan fingerprint density at radius 3 is 1.62 bits per heavy atom. The molecule has 8 nitrogen and oxygen atoms in total.